The fourth-order valence-corrected chi connectivity index (χ4v) is 12.1. The molecule has 76 heavy (non-hydrogen) atoms. The average molecular weight is 977 g/mol. The Kier molecular flexibility index (Phi) is 11.1. The van der Waals surface area contributed by atoms with Crippen LogP contribution in [0.15, 0.2) is 206 Å². The van der Waals surface area contributed by atoms with Gasteiger partial charge in [0.1, 0.15) is 0 Å². The highest BCUT2D eigenvalue weighted by Gasteiger charge is 2.24. The summed E-state index contributed by atoms with van der Waals surface area (Å²) in [5, 5.41) is 4.55. The highest BCUT2D eigenvalue weighted by molar-refractivity contribution is 6.13. The van der Waals surface area contributed by atoms with Gasteiger partial charge in [0.2, 0.25) is 5.69 Å². The number of fused-ring (bicyclic) bond motifs is 6. The molecule has 0 radical (unpaired) electrons. The maximum Gasteiger partial charge on any atom is 0.218 e. The molecular weight excluding hydrogens is 925 g/mol. The van der Waals surface area contributed by atoms with Crippen molar-refractivity contribution < 1.29 is 0 Å². The molecule has 0 atom stereocenters. The fraction of sp³-hybridized carbons (Fsp3) is 0.0857. The Morgan fingerprint density at radius 3 is 1.26 bits per heavy atom. The number of hydrogen-bond donors (Lipinski definition) is 0. The molecule has 0 aliphatic rings. The quantitative estimate of drug-likeness (QED) is 0.143. The van der Waals surface area contributed by atoms with E-state index in [2.05, 4.69) is 201 Å². The molecule has 362 valence electrons. The predicted octanol–water partition coefficient (Wildman–Crippen LogP) is 18.5. The van der Waals surface area contributed by atoms with Crippen molar-refractivity contribution in [1.82, 2.24) is 24.1 Å². The molecule has 0 amide bonds. The van der Waals surface area contributed by atoms with E-state index < -0.39 is 0 Å². The Morgan fingerprint density at radius 1 is 0.329 bits per heavy atom. The van der Waals surface area contributed by atoms with E-state index in [0.29, 0.717) is 23.2 Å². The van der Waals surface area contributed by atoms with Gasteiger partial charge in [-0.25, -0.2) is 19.8 Å². The number of nitrogens with zero attached hydrogens (tertiary/aromatic N) is 6. The van der Waals surface area contributed by atoms with Gasteiger partial charge in [-0.1, -0.05) is 163 Å². The third-order valence-corrected chi connectivity index (χ3v) is 15.1. The number of aryl methyl sites for hydroxylation is 6. The SMILES string of the molecule is [C-]#[N+]c1c(-c2ccc(-c3nc(-c4ccccc4)nc(-c4ccccc4)n3)c(-n3c4ccccc4c4cc(-c5c(C)cc(C)cc5C)ccc43)c2)cccc1-n1c2ccccc2c2cc(-c3c(C)cc(C)cc3C)ccc21. The van der Waals surface area contributed by atoms with E-state index in [0.717, 1.165) is 82.8 Å². The van der Waals surface area contributed by atoms with Crippen molar-refractivity contribution in [3.05, 3.63) is 251 Å². The van der Waals surface area contributed by atoms with Gasteiger partial charge in [-0.3, -0.25) is 0 Å². The molecule has 0 bridgehead atoms. The molecule has 3 aromatic heterocycles. The predicted molar refractivity (Wildman–Crippen MR) is 316 cm³/mol. The Labute approximate surface area is 442 Å². The number of benzene rings is 10. The number of rotatable bonds is 8. The van der Waals surface area contributed by atoms with Gasteiger partial charge >= 0.3 is 0 Å². The lowest BCUT2D eigenvalue weighted by molar-refractivity contribution is 1.06. The minimum absolute atomic E-state index is 0.544. The van der Waals surface area contributed by atoms with Gasteiger partial charge in [-0.2, -0.15) is 0 Å². The lowest BCUT2D eigenvalue weighted by atomic mass is 9.93. The molecular formula is C70H52N6. The summed E-state index contributed by atoms with van der Waals surface area (Å²) in [4.78, 5) is 20.1. The highest BCUT2D eigenvalue weighted by atomic mass is 15.1. The van der Waals surface area contributed by atoms with Crippen LogP contribution in [0.4, 0.5) is 5.69 Å². The van der Waals surface area contributed by atoms with E-state index in [9.17, 15) is 0 Å². The summed E-state index contributed by atoms with van der Waals surface area (Å²) in [6.45, 7) is 22.2. The minimum atomic E-state index is 0.544. The lowest BCUT2D eigenvalue weighted by Gasteiger charge is -2.18. The molecule has 3 heterocycles. The van der Waals surface area contributed by atoms with Crippen LogP contribution in [0.2, 0.25) is 0 Å². The lowest BCUT2D eigenvalue weighted by Crippen LogP contribution is -2.04. The van der Waals surface area contributed by atoms with Gasteiger partial charge < -0.3 is 9.13 Å². The molecule has 0 saturated heterocycles. The zero-order chi connectivity index (χ0) is 51.8. The molecule has 0 spiro atoms. The molecule has 0 N–H and O–H groups in total. The first kappa shape index (κ1) is 46.1. The van der Waals surface area contributed by atoms with E-state index in [1.165, 1.54) is 55.6 Å². The van der Waals surface area contributed by atoms with Crippen molar-refractivity contribution in [2.24, 2.45) is 0 Å². The van der Waals surface area contributed by atoms with E-state index in [1.807, 2.05) is 60.7 Å². The van der Waals surface area contributed by atoms with Crippen molar-refractivity contribution in [2.75, 3.05) is 0 Å². The van der Waals surface area contributed by atoms with Crippen LogP contribution in [-0.4, -0.2) is 24.1 Å². The maximum absolute atomic E-state index is 9.01. The molecule has 0 fully saturated rings. The van der Waals surface area contributed by atoms with Gasteiger partial charge in [-0.15, -0.1) is 0 Å². The van der Waals surface area contributed by atoms with Crippen molar-refractivity contribution in [3.8, 4) is 78.9 Å². The Morgan fingerprint density at radius 2 is 0.763 bits per heavy atom. The second kappa shape index (κ2) is 18.3. The molecule has 0 unspecified atom stereocenters. The zero-order valence-corrected chi connectivity index (χ0v) is 43.3. The molecule has 6 nitrogen and oxygen atoms in total. The largest absolute Gasteiger partial charge is 0.319 e. The van der Waals surface area contributed by atoms with E-state index in [1.54, 1.807) is 0 Å². The van der Waals surface area contributed by atoms with Crippen LogP contribution in [0.25, 0.3) is 127 Å². The van der Waals surface area contributed by atoms with Crippen molar-refractivity contribution in [3.63, 3.8) is 0 Å². The highest BCUT2D eigenvalue weighted by Crippen LogP contribution is 2.45. The van der Waals surface area contributed by atoms with Crippen molar-refractivity contribution >= 4 is 49.3 Å². The molecule has 13 aromatic rings. The Hall–Kier alpha value is -9.70. The summed E-state index contributed by atoms with van der Waals surface area (Å²) in [5.41, 5.74) is 23.2. The first-order valence-corrected chi connectivity index (χ1v) is 25.9. The third kappa shape index (κ3) is 7.67. The molecule has 10 aromatic carbocycles. The normalized spacial score (nSPS) is 11.5. The number of aromatic nitrogens is 5. The second-order valence-corrected chi connectivity index (χ2v) is 20.3. The molecule has 0 saturated carbocycles. The average Bonchev–Trinajstić information content (AvgIpc) is 3.98. The molecule has 6 heteroatoms. The van der Waals surface area contributed by atoms with Gasteiger partial charge in [-0.05, 0) is 152 Å². The Bertz CT molecular complexity index is 4430. The van der Waals surface area contributed by atoms with E-state index in [4.69, 9.17) is 21.5 Å². The van der Waals surface area contributed by atoms with Crippen LogP contribution in [0, 0.1) is 48.1 Å². The monoisotopic (exact) mass is 976 g/mol. The van der Waals surface area contributed by atoms with Crippen LogP contribution in [-0.2, 0) is 0 Å². The van der Waals surface area contributed by atoms with Gasteiger partial charge in [0.25, 0.3) is 0 Å². The summed E-state index contributed by atoms with van der Waals surface area (Å²) >= 11 is 0. The topological polar surface area (TPSA) is 52.9 Å². The standard InChI is InChI=1S/C70H52N6/c1-42-35-44(3)65(45(4)36-42)51-30-33-61-57(39-51)54-23-14-16-26-59(54)75(61)63-28-18-25-53(67(63)71-7)50-29-32-56(70-73-68(48-19-10-8-11-20-48)72-69(74-70)49-21-12-9-13-22-49)64(41-50)76-60-27-17-15-24-55(60)58-40-52(31-34-62(58)76)66-46(5)37-43(2)38-47(66)6/h8-41H,1-6H3. The summed E-state index contributed by atoms with van der Waals surface area (Å²) in [6, 6.07) is 72.9. The molecule has 13 rings (SSSR count). The molecule has 0 aliphatic carbocycles. The first-order chi connectivity index (χ1) is 37.1. The first-order valence-electron chi connectivity index (χ1n) is 25.9. The van der Waals surface area contributed by atoms with E-state index in [-0.39, 0.29) is 0 Å². The van der Waals surface area contributed by atoms with Gasteiger partial charge in [0, 0.05) is 38.2 Å². The van der Waals surface area contributed by atoms with Crippen molar-refractivity contribution in [2.45, 2.75) is 41.5 Å². The fourth-order valence-electron chi connectivity index (χ4n) is 12.1. The summed E-state index contributed by atoms with van der Waals surface area (Å²) in [5.74, 6) is 1.71. The summed E-state index contributed by atoms with van der Waals surface area (Å²) < 4.78 is 4.64. The maximum atomic E-state index is 9.01. The summed E-state index contributed by atoms with van der Waals surface area (Å²) in [6.07, 6.45) is 0. The van der Waals surface area contributed by atoms with Crippen molar-refractivity contribution in [1.29, 1.82) is 0 Å². The zero-order valence-electron chi connectivity index (χ0n) is 43.3. The minimum Gasteiger partial charge on any atom is -0.319 e. The van der Waals surface area contributed by atoms with Crippen LogP contribution in [0.1, 0.15) is 33.4 Å². The van der Waals surface area contributed by atoms with Gasteiger partial charge in [0.15, 0.2) is 17.5 Å². The second-order valence-electron chi connectivity index (χ2n) is 20.3. The van der Waals surface area contributed by atoms with Crippen LogP contribution >= 0.6 is 0 Å². The van der Waals surface area contributed by atoms with Gasteiger partial charge in [0.05, 0.1) is 40.0 Å². The van der Waals surface area contributed by atoms with E-state index >= 15 is 0 Å². The van der Waals surface area contributed by atoms with Crippen LogP contribution in [0.5, 0.6) is 0 Å². The number of hydrogen-bond acceptors (Lipinski definition) is 3. The smallest absolute Gasteiger partial charge is 0.218 e. The Balaban J connectivity index is 1.06. The van der Waals surface area contributed by atoms with Crippen LogP contribution < -0.4 is 0 Å². The molecule has 0 aliphatic heterocycles. The summed E-state index contributed by atoms with van der Waals surface area (Å²) in [7, 11) is 0. The third-order valence-electron chi connectivity index (χ3n) is 15.1. The van der Waals surface area contributed by atoms with Crippen LogP contribution in [0.3, 0.4) is 0 Å². The number of para-hydroxylation sites is 3.